The number of aliphatic hydroxyl groups is 1. The predicted molar refractivity (Wildman–Crippen MR) is 90.3 cm³/mol. The van der Waals surface area contributed by atoms with E-state index < -0.39 is 4.92 Å². The minimum Gasteiger partial charge on any atom is -0.762 e. The molecule has 0 aliphatic heterocycles. The molecule has 0 fully saturated rings. The molecule has 6 nitrogen and oxygen atoms in total. The van der Waals surface area contributed by atoms with Gasteiger partial charge in [0.05, 0.1) is 10.5 Å². The molecule has 0 amide bonds. The van der Waals surface area contributed by atoms with E-state index in [4.69, 9.17) is 10.7 Å². The van der Waals surface area contributed by atoms with Crippen LogP contribution in [0.5, 0.6) is 0 Å². The number of nitro benzene ring substituents is 1. The molecule has 0 atom stereocenters. The topological polar surface area (TPSA) is 109 Å². The summed E-state index contributed by atoms with van der Waals surface area (Å²) in [6.07, 6.45) is 0.139. The van der Waals surface area contributed by atoms with Crippen molar-refractivity contribution >= 4 is 17.1 Å². The molecule has 0 spiro atoms. The van der Waals surface area contributed by atoms with E-state index in [0.717, 1.165) is 5.56 Å². The number of nitriles is 1. The number of benzene rings is 2. The fourth-order valence-corrected chi connectivity index (χ4v) is 2.22. The molecule has 0 aliphatic rings. The number of rotatable bonds is 5. The zero-order valence-corrected chi connectivity index (χ0v) is 12.5. The Bertz CT molecular complexity index is 872. The van der Waals surface area contributed by atoms with Crippen molar-refractivity contribution in [1.82, 2.24) is 0 Å². The highest BCUT2D eigenvalue weighted by atomic mass is 16.6. The highest BCUT2D eigenvalue weighted by molar-refractivity contribution is 5.94. The van der Waals surface area contributed by atoms with Gasteiger partial charge in [0.1, 0.15) is 11.8 Å². The van der Waals surface area contributed by atoms with Crippen LogP contribution in [0.25, 0.3) is 11.0 Å². The molecule has 1 N–H and O–H groups in total. The molecule has 0 bridgehead atoms. The van der Waals surface area contributed by atoms with E-state index in [1.165, 1.54) is 24.3 Å². The fourth-order valence-electron chi connectivity index (χ4n) is 2.22. The van der Waals surface area contributed by atoms with Crippen LogP contribution in [0.3, 0.4) is 0 Å². The van der Waals surface area contributed by atoms with Crippen LogP contribution in [0.1, 0.15) is 11.1 Å². The molecule has 0 unspecified atom stereocenters. The van der Waals surface area contributed by atoms with Gasteiger partial charge in [-0.25, -0.2) is 5.87 Å². The summed E-state index contributed by atoms with van der Waals surface area (Å²) >= 11 is 0. The second kappa shape index (κ2) is 7.54. The van der Waals surface area contributed by atoms with Gasteiger partial charge in [-0.1, -0.05) is 30.3 Å². The van der Waals surface area contributed by atoms with Crippen LogP contribution >= 0.6 is 0 Å². The summed E-state index contributed by atoms with van der Waals surface area (Å²) < 4.78 is 0. The summed E-state index contributed by atoms with van der Waals surface area (Å²) in [5.41, 5.74) is 0.893. The van der Waals surface area contributed by atoms with E-state index in [0.29, 0.717) is 5.56 Å². The maximum absolute atomic E-state index is 10.7. The van der Waals surface area contributed by atoms with Crippen molar-refractivity contribution in [3.05, 3.63) is 92.6 Å². The molecule has 2 rings (SSSR count). The first-order chi connectivity index (χ1) is 11.6. The van der Waals surface area contributed by atoms with E-state index in [2.05, 4.69) is 0 Å². The second-order valence-corrected chi connectivity index (χ2v) is 4.89. The molecule has 2 aromatic rings. The van der Waals surface area contributed by atoms with Crippen LogP contribution in [-0.2, 0) is 6.42 Å². The van der Waals surface area contributed by atoms with Crippen LogP contribution in [0.4, 0.5) is 5.69 Å². The normalized spacial score (nSPS) is 11.0. The third-order valence-corrected chi connectivity index (χ3v) is 3.34. The monoisotopic (exact) mass is 318 g/mol. The minimum absolute atomic E-state index is 0.0822. The van der Waals surface area contributed by atoms with Crippen LogP contribution in [0.15, 0.2) is 65.9 Å². The van der Waals surface area contributed by atoms with Crippen molar-refractivity contribution in [3.8, 4) is 6.07 Å². The van der Waals surface area contributed by atoms with E-state index in [1.54, 1.807) is 11.9 Å². The van der Waals surface area contributed by atoms with Gasteiger partial charge in [0.2, 0.25) is 0 Å². The molecule has 6 heteroatoms. The number of non-ortho nitro benzene ring substituents is 1. The van der Waals surface area contributed by atoms with Crippen molar-refractivity contribution in [1.29, 1.82) is 5.26 Å². The largest absolute Gasteiger partial charge is 0.762 e. The van der Waals surface area contributed by atoms with Crippen molar-refractivity contribution in [2.45, 2.75) is 6.42 Å². The Labute approximate surface area is 138 Å². The van der Waals surface area contributed by atoms with Gasteiger partial charge < -0.3 is 10.5 Å². The molecule has 0 saturated carbocycles. The van der Waals surface area contributed by atoms with Crippen molar-refractivity contribution in [3.63, 3.8) is 0 Å². The van der Waals surface area contributed by atoms with Crippen LogP contribution in [0.2, 0.25) is 0 Å². The van der Waals surface area contributed by atoms with Crippen LogP contribution in [-0.4, -0.2) is 15.9 Å². The predicted octanol–water partition coefficient (Wildman–Crippen LogP) is 3.80. The third-order valence-electron chi connectivity index (χ3n) is 3.34. The average molecular weight is 318 g/mol. The Morgan fingerprint density at radius 1 is 1.17 bits per heavy atom. The summed E-state index contributed by atoms with van der Waals surface area (Å²) in [6.45, 7) is 0. The van der Waals surface area contributed by atoms with E-state index in [9.17, 15) is 15.2 Å². The first-order valence-electron chi connectivity index (χ1n) is 6.95. The highest BCUT2D eigenvalue weighted by Crippen LogP contribution is 2.27. The lowest BCUT2D eigenvalue weighted by Crippen LogP contribution is -1.99. The maximum Gasteiger partial charge on any atom is 0.269 e. The Kier molecular flexibility index (Phi) is 5.24. The molecule has 0 aliphatic carbocycles. The van der Waals surface area contributed by atoms with Gasteiger partial charge in [-0.2, -0.15) is 5.26 Å². The number of aliphatic hydroxyl groups excluding tert-OH is 1. The molecule has 0 radical (unpaired) electrons. The number of nitrogens with zero attached hydrogens (tertiary/aromatic N) is 3. The lowest BCUT2D eigenvalue weighted by molar-refractivity contribution is -0.384. The average Bonchev–Trinajstić information content (AvgIpc) is 2.60. The van der Waals surface area contributed by atoms with E-state index in [1.807, 2.05) is 30.3 Å². The van der Waals surface area contributed by atoms with E-state index >= 15 is 0 Å². The van der Waals surface area contributed by atoms with Gasteiger partial charge in [-0.05, 0) is 23.3 Å². The second-order valence-electron chi connectivity index (χ2n) is 4.89. The smallest absolute Gasteiger partial charge is 0.269 e. The quantitative estimate of drug-likeness (QED) is 0.226. The summed E-state index contributed by atoms with van der Waals surface area (Å²) in [5.74, 6) is 1.61. The zero-order chi connectivity index (χ0) is 17.5. The van der Waals surface area contributed by atoms with Gasteiger partial charge in [0.15, 0.2) is 0 Å². The Hall–Kier alpha value is -3.68. The van der Waals surface area contributed by atoms with Crippen molar-refractivity contribution < 1.29 is 10.0 Å². The van der Waals surface area contributed by atoms with E-state index in [-0.39, 0.29) is 29.0 Å². The summed E-state index contributed by atoms with van der Waals surface area (Å²) in [5, 5.41) is 39.5. The molecular formula is C18H12N3O3-. The first-order valence-corrected chi connectivity index (χ1v) is 6.95. The van der Waals surface area contributed by atoms with Gasteiger partial charge in [-0.3, -0.25) is 10.1 Å². The molecule has 0 saturated heterocycles. The molecule has 24 heavy (non-hydrogen) atoms. The van der Waals surface area contributed by atoms with Gasteiger partial charge in [-0.15, -0.1) is 0 Å². The lowest BCUT2D eigenvalue weighted by atomic mass is 9.95. The molecular weight excluding hydrogens is 306 g/mol. The molecule has 2 aromatic carbocycles. The Morgan fingerprint density at radius 2 is 1.79 bits per heavy atom. The first kappa shape index (κ1) is 16.7. The summed E-state index contributed by atoms with van der Waals surface area (Å²) in [4.78, 5) is 10.2. The fraction of sp³-hybridized carbons (Fsp3) is 0.0556. The van der Waals surface area contributed by atoms with Crippen molar-refractivity contribution in [2.24, 2.45) is 0 Å². The third kappa shape index (κ3) is 3.74. The standard InChI is InChI=1S/C18H12N3O3/c19-11-15(12-20)18(14-6-8-16(9-7-14)21(23)24)17(22)10-13-4-2-1-3-5-13/h1-9,22H,10H2/q-1. The number of hydrogen-bond acceptors (Lipinski definition) is 4. The van der Waals surface area contributed by atoms with Gasteiger partial charge >= 0.3 is 0 Å². The molecule has 118 valence electrons. The number of allylic oxidation sites excluding steroid dienone is 3. The maximum atomic E-state index is 10.7. The number of nitro groups is 1. The van der Waals surface area contributed by atoms with Crippen LogP contribution in [0, 0.1) is 21.4 Å². The Balaban J connectivity index is 2.52. The molecule has 0 heterocycles. The van der Waals surface area contributed by atoms with Gasteiger partial charge in [0.25, 0.3) is 5.69 Å². The number of hydrogen-bond donors (Lipinski definition) is 1. The summed E-state index contributed by atoms with van der Waals surface area (Å²) in [7, 11) is 0. The van der Waals surface area contributed by atoms with Crippen molar-refractivity contribution in [2.75, 3.05) is 0 Å². The highest BCUT2D eigenvalue weighted by Gasteiger charge is 2.15. The SMILES string of the molecule is N#CC(=C=[N-])C(=C(O)Cc1ccccc1)c1ccc([N+](=O)[O-])cc1. The zero-order valence-electron chi connectivity index (χ0n) is 12.5. The molecule has 0 aromatic heterocycles. The lowest BCUT2D eigenvalue weighted by Gasteiger charge is -2.11. The summed E-state index contributed by atoms with van der Waals surface area (Å²) in [6, 6.07) is 16.2. The van der Waals surface area contributed by atoms with Gasteiger partial charge in [0, 0.05) is 24.1 Å². The van der Waals surface area contributed by atoms with Crippen LogP contribution < -0.4 is 0 Å². The minimum atomic E-state index is -0.545. The Morgan fingerprint density at radius 3 is 2.29 bits per heavy atom.